The van der Waals surface area contributed by atoms with Gasteiger partial charge in [0.1, 0.15) is 0 Å². The number of nitrogens with zero attached hydrogens (tertiary/aromatic N) is 1. The van der Waals surface area contributed by atoms with Gasteiger partial charge in [-0.05, 0) is 88.8 Å². The lowest BCUT2D eigenvalue weighted by atomic mass is 9.82. The second kappa shape index (κ2) is 12.5. The molecule has 0 saturated carbocycles. The molecule has 0 bridgehead atoms. The molecule has 0 amide bonds. The molecule has 0 radical (unpaired) electrons. The molecule has 10 rings (SSSR count). The van der Waals surface area contributed by atoms with Crippen LogP contribution in [0.1, 0.15) is 66.5 Å². The molecule has 3 heteroatoms. The van der Waals surface area contributed by atoms with Crippen molar-refractivity contribution in [2.24, 2.45) is 0 Å². The molecule has 2 heterocycles. The number of benzene rings is 4. The van der Waals surface area contributed by atoms with Gasteiger partial charge >= 0.3 is 0 Å². The molecule has 246 valence electrons. The maximum absolute atomic E-state index is 2.86. The lowest BCUT2D eigenvalue weighted by Gasteiger charge is -2.44. The lowest BCUT2D eigenvalue weighted by Crippen LogP contribution is -2.44. The summed E-state index contributed by atoms with van der Waals surface area (Å²) in [7, 11) is -1.25. The summed E-state index contributed by atoms with van der Waals surface area (Å²) in [6.07, 6.45) is 25.7. The van der Waals surface area contributed by atoms with E-state index in [-0.39, 0.29) is 0 Å². The Morgan fingerprint density at radius 1 is 0.760 bits per heavy atom. The van der Waals surface area contributed by atoms with Crippen molar-refractivity contribution < 1.29 is 0 Å². The summed E-state index contributed by atoms with van der Waals surface area (Å²) in [6, 6.07) is 37.0. The summed E-state index contributed by atoms with van der Waals surface area (Å²) in [4.78, 5) is 5.96. The van der Waals surface area contributed by atoms with Gasteiger partial charge in [-0.15, -0.1) is 0 Å². The molecule has 0 saturated heterocycles. The fraction of sp³-hybridized carbons (Fsp3) is 0.234. The van der Waals surface area contributed by atoms with Crippen LogP contribution in [0.25, 0.3) is 10.8 Å². The van der Waals surface area contributed by atoms with Crippen LogP contribution in [0.3, 0.4) is 0 Å². The Balaban J connectivity index is 1.000. The Morgan fingerprint density at radius 3 is 2.52 bits per heavy atom. The number of rotatable bonds is 5. The third kappa shape index (κ3) is 5.12. The highest BCUT2D eigenvalue weighted by molar-refractivity contribution is 8.03. The Morgan fingerprint density at radius 2 is 1.60 bits per heavy atom. The van der Waals surface area contributed by atoms with Crippen LogP contribution in [0.2, 0.25) is 6.55 Å². The third-order valence-corrected chi connectivity index (χ3v) is 16.7. The molecule has 0 fully saturated rings. The fourth-order valence-electron chi connectivity index (χ4n) is 9.84. The summed E-state index contributed by atoms with van der Waals surface area (Å²) in [5, 5.41) is 6.15. The molecule has 0 N–H and O–H groups in total. The van der Waals surface area contributed by atoms with E-state index in [1.54, 1.807) is 26.4 Å². The van der Waals surface area contributed by atoms with Crippen LogP contribution < -0.4 is 0 Å². The highest BCUT2D eigenvalue weighted by Gasteiger charge is 2.43. The van der Waals surface area contributed by atoms with Gasteiger partial charge in [-0.25, -0.2) is 0 Å². The number of allylic oxidation sites excluding steroid dienone is 11. The maximum atomic E-state index is 2.86. The van der Waals surface area contributed by atoms with E-state index < -0.39 is 8.80 Å². The molecule has 4 aliphatic carbocycles. The summed E-state index contributed by atoms with van der Waals surface area (Å²) >= 11 is 2.06. The van der Waals surface area contributed by atoms with Crippen molar-refractivity contribution in [3.05, 3.63) is 195 Å². The van der Waals surface area contributed by atoms with Crippen molar-refractivity contribution in [1.29, 1.82) is 0 Å². The van der Waals surface area contributed by atoms with Gasteiger partial charge in [0.25, 0.3) is 0 Å². The first-order chi connectivity index (χ1) is 24.7. The Hall–Kier alpha value is -4.31. The standard InChI is InChI=1S/C47H43NSSi/c1-50-44-26-25-41-40-19-7-8-20-43(40)49-47(41)46(44)42-24-23-39(30-45(42)50)48(37-17-9-15-34(28-37)31-11-3-2-4-12-31)38-18-10-16-35(29-38)36-22-21-32-13-5-6-14-33(32)27-36/h2-14,16-24,26-27,34-35,37,39,41,50H,15,25,28-30H2,1H3. The van der Waals surface area contributed by atoms with E-state index in [4.69, 9.17) is 0 Å². The lowest BCUT2D eigenvalue weighted by molar-refractivity contribution is 0.211. The second-order valence-corrected chi connectivity index (χ2v) is 18.9. The van der Waals surface area contributed by atoms with Crippen LogP contribution in [0.5, 0.6) is 0 Å². The minimum absolute atomic E-state index is 0.360. The SMILES string of the molecule is C[SiH]1C2=CCC3C(=C2C2=C1CC(N(C1=CC=CC(c4ccc5ccccc5c4)C1)C1C=CCC(c4ccccc4)C1)C=C2)Sc1ccccc13. The highest BCUT2D eigenvalue weighted by Crippen LogP contribution is 2.58. The topological polar surface area (TPSA) is 3.24 Å². The van der Waals surface area contributed by atoms with Gasteiger partial charge in [0.2, 0.25) is 0 Å². The number of hydrogen-bond donors (Lipinski definition) is 0. The van der Waals surface area contributed by atoms with Crippen molar-refractivity contribution in [3.63, 3.8) is 0 Å². The van der Waals surface area contributed by atoms with E-state index in [0.29, 0.717) is 29.8 Å². The van der Waals surface area contributed by atoms with Gasteiger partial charge in [0.05, 0.1) is 14.8 Å². The van der Waals surface area contributed by atoms with Crippen LogP contribution in [0.15, 0.2) is 183 Å². The van der Waals surface area contributed by atoms with Crippen molar-refractivity contribution >= 4 is 31.3 Å². The zero-order valence-electron chi connectivity index (χ0n) is 28.7. The van der Waals surface area contributed by atoms with Crippen LogP contribution in [0, 0.1) is 0 Å². The summed E-state index contributed by atoms with van der Waals surface area (Å²) in [5.41, 5.74) is 9.12. The molecule has 6 atom stereocenters. The second-order valence-electron chi connectivity index (χ2n) is 15.1. The van der Waals surface area contributed by atoms with Gasteiger partial charge in [-0.2, -0.15) is 0 Å². The van der Waals surface area contributed by atoms with Gasteiger partial charge in [-0.3, -0.25) is 0 Å². The highest BCUT2D eigenvalue weighted by atomic mass is 32.2. The quantitative estimate of drug-likeness (QED) is 0.152. The van der Waals surface area contributed by atoms with Crippen LogP contribution >= 0.6 is 11.8 Å². The first-order valence-corrected chi connectivity index (χ1v) is 21.8. The predicted octanol–water partition coefficient (Wildman–Crippen LogP) is 11.6. The van der Waals surface area contributed by atoms with E-state index in [1.807, 2.05) is 0 Å². The Bertz CT molecular complexity index is 2230. The Labute approximate surface area is 302 Å². The largest absolute Gasteiger partial charge is 0.362 e. The Kier molecular flexibility index (Phi) is 7.61. The molecule has 6 aliphatic rings. The average molecular weight is 682 g/mol. The van der Waals surface area contributed by atoms with Gasteiger partial charge in [-0.1, -0.05) is 162 Å². The predicted molar refractivity (Wildman–Crippen MR) is 214 cm³/mol. The molecule has 0 aromatic heterocycles. The van der Waals surface area contributed by atoms with E-state index in [1.165, 1.54) is 44.5 Å². The van der Waals surface area contributed by atoms with Crippen molar-refractivity contribution in [2.45, 2.75) is 73.4 Å². The average Bonchev–Trinajstić information content (AvgIpc) is 3.70. The molecule has 50 heavy (non-hydrogen) atoms. The number of hydrogen-bond acceptors (Lipinski definition) is 2. The number of thioether (sulfide) groups is 1. The molecule has 4 aromatic rings. The monoisotopic (exact) mass is 681 g/mol. The van der Waals surface area contributed by atoms with E-state index >= 15 is 0 Å². The molecular weight excluding hydrogens is 639 g/mol. The summed E-state index contributed by atoms with van der Waals surface area (Å²) in [6.45, 7) is 2.62. The summed E-state index contributed by atoms with van der Waals surface area (Å²) in [5.74, 6) is 1.46. The minimum Gasteiger partial charge on any atom is -0.362 e. The smallest absolute Gasteiger partial charge is 0.0959 e. The van der Waals surface area contributed by atoms with Gasteiger partial charge < -0.3 is 4.90 Å². The van der Waals surface area contributed by atoms with Crippen molar-refractivity contribution in [3.8, 4) is 0 Å². The third-order valence-electron chi connectivity index (χ3n) is 12.3. The van der Waals surface area contributed by atoms with Crippen LogP contribution in [-0.2, 0) is 0 Å². The van der Waals surface area contributed by atoms with E-state index in [2.05, 4.69) is 169 Å². The molecular formula is C47H43NSSi. The molecule has 6 unspecified atom stereocenters. The molecule has 4 aromatic carbocycles. The maximum Gasteiger partial charge on any atom is 0.0959 e. The first kappa shape index (κ1) is 30.5. The zero-order valence-corrected chi connectivity index (χ0v) is 30.7. The number of fused-ring (bicyclic) bond motifs is 6. The van der Waals surface area contributed by atoms with Crippen molar-refractivity contribution in [1.82, 2.24) is 4.90 Å². The normalized spacial score (nSPS) is 27.9. The van der Waals surface area contributed by atoms with E-state index in [0.717, 1.165) is 25.7 Å². The zero-order chi connectivity index (χ0) is 33.2. The fourth-order valence-corrected chi connectivity index (χ4v) is 14.3. The minimum atomic E-state index is -1.25. The van der Waals surface area contributed by atoms with Crippen LogP contribution in [0.4, 0.5) is 0 Å². The van der Waals surface area contributed by atoms with Gasteiger partial charge in [0.15, 0.2) is 0 Å². The first-order valence-electron chi connectivity index (χ1n) is 18.7. The molecule has 0 spiro atoms. The molecule has 2 aliphatic heterocycles. The summed E-state index contributed by atoms with van der Waals surface area (Å²) < 4.78 is 0. The van der Waals surface area contributed by atoms with Crippen molar-refractivity contribution in [2.75, 3.05) is 0 Å². The van der Waals surface area contributed by atoms with E-state index in [9.17, 15) is 0 Å². The van der Waals surface area contributed by atoms with Crippen LogP contribution in [-0.4, -0.2) is 25.8 Å². The van der Waals surface area contributed by atoms with Gasteiger partial charge in [0, 0.05) is 33.4 Å². The molecule has 1 nitrogen and oxygen atoms in total.